The second-order valence-corrected chi connectivity index (χ2v) is 12.5. The fraction of sp³-hybridized carbons (Fsp3) is 0.516. The zero-order valence-corrected chi connectivity index (χ0v) is 24.2. The van der Waals surface area contributed by atoms with E-state index in [2.05, 4.69) is 26.1 Å². The minimum absolute atomic E-state index is 0.0343. The van der Waals surface area contributed by atoms with Crippen molar-refractivity contribution in [3.05, 3.63) is 69.8 Å². The lowest BCUT2D eigenvalue weighted by molar-refractivity contribution is -0.138. The summed E-state index contributed by atoms with van der Waals surface area (Å²) >= 11 is 0. The first-order valence-electron chi connectivity index (χ1n) is 14.6. The Hall–Kier alpha value is -3.44. The zero-order valence-electron chi connectivity index (χ0n) is 24.2. The normalized spacial score (nSPS) is 20.3. The predicted octanol–water partition coefficient (Wildman–Crippen LogP) is 4.54. The third kappa shape index (κ3) is 4.31. The van der Waals surface area contributed by atoms with Crippen LogP contribution in [0, 0.1) is 0 Å². The Morgan fingerprint density at radius 3 is 2.55 bits per heavy atom. The molecule has 1 aliphatic carbocycles. The van der Waals surface area contributed by atoms with Crippen molar-refractivity contribution in [1.29, 1.82) is 0 Å². The first-order chi connectivity index (χ1) is 20.0. The highest BCUT2D eigenvalue weighted by atomic mass is 19.4. The molecule has 7 rings (SSSR count). The van der Waals surface area contributed by atoms with Gasteiger partial charge in [0.25, 0.3) is 5.91 Å². The molecule has 0 bridgehead atoms. The summed E-state index contributed by atoms with van der Waals surface area (Å²) in [4.78, 5) is 19.7. The number of carbonyl (C=O) groups is 1. The molecule has 2 aromatic carbocycles. The van der Waals surface area contributed by atoms with E-state index in [0.717, 1.165) is 55.7 Å². The number of alkyl halides is 3. The van der Waals surface area contributed by atoms with E-state index in [1.54, 1.807) is 12.4 Å². The Balaban J connectivity index is 1.28. The fourth-order valence-corrected chi connectivity index (χ4v) is 7.36. The van der Waals surface area contributed by atoms with Crippen molar-refractivity contribution in [2.24, 2.45) is 7.05 Å². The number of benzene rings is 2. The lowest BCUT2D eigenvalue weighted by atomic mass is 9.77. The molecule has 11 heteroatoms. The van der Waals surface area contributed by atoms with Crippen LogP contribution in [0.15, 0.2) is 30.6 Å². The number of anilines is 1. The summed E-state index contributed by atoms with van der Waals surface area (Å²) in [5.74, 6) is 1.04. The Kier molecular flexibility index (Phi) is 6.40. The second kappa shape index (κ2) is 9.80. The summed E-state index contributed by atoms with van der Waals surface area (Å²) in [6, 6.07) is 7.39. The first-order valence-corrected chi connectivity index (χ1v) is 14.6. The van der Waals surface area contributed by atoms with Gasteiger partial charge >= 0.3 is 6.18 Å². The standard InChI is InChI=1S/C31H35F3N6O2/c1-37(2)22-15-39(16-22)14-19-10-23-24(25(11-19)31(32,33)34)17-40(28(23)41)26-13-21(12-20-6-9-42-27(20)26)30(7-4-5-8-30)29-36-35-18-38(29)3/h10-13,18,22H,4-9,14-17H2,1-3H3. The average molecular weight is 581 g/mol. The molecule has 3 aliphatic heterocycles. The molecule has 0 radical (unpaired) electrons. The van der Waals surface area contributed by atoms with Crippen molar-refractivity contribution in [2.75, 3.05) is 38.7 Å². The lowest BCUT2D eigenvalue weighted by Gasteiger charge is -2.43. The second-order valence-electron chi connectivity index (χ2n) is 12.5. The molecule has 42 heavy (non-hydrogen) atoms. The lowest BCUT2D eigenvalue weighted by Crippen LogP contribution is -2.56. The van der Waals surface area contributed by atoms with Crippen LogP contribution in [0.5, 0.6) is 5.75 Å². The minimum atomic E-state index is -4.57. The monoisotopic (exact) mass is 580 g/mol. The van der Waals surface area contributed by atoms with Crippen LogP contribution in [0.3, 0.4) is 0 Å². The van der Waals surface area contributed by atoms with Crippen molar-refractivity contribution in [2.45, 2.75) is 62.8 Å². The number of rotatable bonds is 6. The van der Waals surface area contributed by atoms with Gasteiger partial charge < -0.3 is 19.1 Å². The summed E-state index contributed by atoms with van der Waals surface area (Å²) < 4.78 is 51.2. The molecule has 4 aliphatic rings. The summed E-state index contributed by atoms with van der Waals surface area (Å²) in [5.41, 5.74) is 2.11. The molecule has 2 fully saturated rings. The number of hydrogen-bond donors (Lipinski definition) is 0. The van der Waals surface area contributed by atoms with Crippen LogP contribution in [0.2, 0.25) is 0 Å². The van der Waals surface area contributed by atoms with Gasteiger partial charge in [0, 0.05) is 44.7 Å². The van der Waals surface area contributed by atoms with Gasteiger partial charge in [0.05, 0.1) is 29.8 Å². The van der Waals surface area contributed by atoms with Crippen LogP contribution in [-0.2, 0) is 38.1 Å². The quantitative estimate of drug-likeness (QED) is 0.427. The average Bonchev–Trinajstić information content (AvgIpc) is 3.71. The third-order valence-electron chi connectivity index (χ3n) is 9.69. The molecule has 1 saturated carbocycles. The fourth-order valence-electron chi connectivity index (χ4n) is 7.36. The Morgan fingerprint density at radius 1 is 1.12 bits per heavy atom. The van der Waals surface area contributed by atoms with Gasteiger partial charge in [-0.25, -0.2) is 0 Å². The Morgan fingerprint density at radius 2 is 1.88 bits per heavy atom. The smallest absolute Gasteiger partial charge is 0.416 e. The van der Waals surface area contributed by atoms with Gasteiger partial charge in [0.15, 0.2) is 0 Å². The van der Waals surface area contributed by atoms with Gasteiger partial charge in [-0.05, 0) is 67.4 Å². The molecule has 8 nitrogen and oxygen atoms in total. The number of fused-ring (bicyclic) bond motifs is 2. The molecule has 0 N–H and O–H groups in total. The van der Waals surface area contributed by atoms with Crippen molar-refractivity contribution in [1.82, 2.24) is 24.6 Å². The molecule has 4 heterocycles. The predicted molar refractivity (Wildman–Crippen MR) is 151 cm³/mol. The third-order valence-corrected chi connectivity index (χ3v) is 9.69. The van der Waals surface area contributed by atoms with E-state index in [9.17, 15) is 18.0 Å². The van der Waals surface area contributed by atoms with Crippen LogP contribution >= 0.6 is 0 Å². The molecule has 1 aromatic heterocycles. The highest BCUT2D eigenvalue weighted by molar-refractivity contribution is 6.11. The summed E-state index contributed by atoms with van der Waals surface area (Å²) in [6.07, 6.45) is 1.66. The molecular formula is C31H35F3N6O2. The SMILES string of the molecule is CN(C)C1CN(Cc2cc3c(c(C(F)(F)F)c2)CN(c2cc(C4(c5nncn5C)CCCC4)cc4c2OCC4)C3=O)C1. The van der Waals surface area contributed by atoms with E-state index < -0.39 is 17.6 Å². The zero-order chi connectivity index (χ0) is 29.4. The Bertz CT molecular complexity index is 1550. The number of halogens is 3. The largest absolute Gasteiger partial charge is 0.491 e. The minimum Gasteiger partial charge on any atom is -0.491 e. The number of carbonyl (C=O) groups excluding carboxylic acids is 1. The maximum Gasteiger partial charge on any atom is 0.416 e. The number of aryl methyl sites for hydroxylation is 1. The molecule has 3 aromatic rings. The molecule has 0 atom stereocenters. The van der Waals surface area contributed by atoms with Crippen LogP contribution < -0.4 is 9.64 Å². The molecule has 0 unspecified atom stereocenters. The Labute approximate surface area is 243 Å². The van der Waals surface area contributed by atoms with Gasteiger partial charge in [-0.3, -0.25) is 9.69 Å². The van der Waals surface area contributed by atoms with Crippen molar-refractivity contribution >= 4 is 11.6 Å². The summed E-state index contributed by atoms with van der Waals surface area (Å²) in [5, 5.41) is 8.63. The molecule has 1 saturated heterocycles. The van der Waals surface area contributed by atoms with Gasteiger partial charge in [0.2, 0.25) is 0 Å². The maximum absolute atomic E-state index is 14.4. The van der Waals surface area contributed by atoms with E-state index in [4.69, 9.17) is 4.74 Å². The van der Waals surface area contributed by atoms with E-state index in [1.165, 1.54) is 11.0 Å². The number of likely N-dealkylation sites (N-methyl/N-ethyl adjacent to an activating group) is 1. The highest BCUT2D eigenvalue weighted by Crippen LogP contribution is 2.50. The van der Waals surface area contributed by atoms with Crippen LogP contribution in [-0.4, -0.2) is 70.3 Å². The summed E-state index contributed by atoms with van der Waals surface area (Å²) in [6.45, 7) is 2.28. The number of ether oxygens (including phenoxy) is 1. The topological polar surface area (TPSA) is 66.7 Å². The number of nitrogens with zero attached hydrogens (tertiary/aromatic N) is 6. The number of likely N-dealkylation sites (tertiary alicyclic amines) is 1. The van der Waals surface area contributed by atoms with Crippen LogP contribution in [0.4, 0.5) is 18.9 Å². The van der Waals surface area contributed by atoms with Gasteiger partial charge in [-0.15, -0.1) is 10.2 Å². The van der Waals surface area contributed by atoms with Crippen LogP contribution in [0.1, 0.15) is 69.7 Å². The first kappa shape index (κ1) is 27.4. The van der Waals surface area contributed by atoms with E-state index in [-0.39, 0.29) is 23.1 Å². The number of aromatic nitrogens is 3. The number of hydrogen-bond acceptors (Lipinski definition) is 6. The van der Waals surface area contributed by atoms with E-state index in [0.29, 0.717) is 42.6 Å². The molecule has 1 amide bonds. The van der Waals surface area contributed by atoms with E-state index >= 15 is 0 Å². The van der Waals surface area contributed by atoms with Gasteiger partial charge in [0.1, 0.15) is 17.9 Å². The highest BCUT2D eigenvalue weighted by Gasteiger charge is 2.45. The molecular weight excluding hydrogens is 545 g/mol. The number of amides is 1. The maximum atomic E-state index is 14.4. The summed E-state index contributed by atoms with van der Waals surface area (Å²) in [7, 11) is 5.94. The van der Waals surface area contributed by atoms with Gasteiger partial charge in [-0.1, -0.05) is 18.9 Å². The van der Waals surface area contributed by atoms with E-state index in [1.807, 2.05) is 31.8 Å². The van der Waals surface area contributed by atoms with Crippen LogP contribution in [0.25, 0.3) is 0 Å². The van der Waals surface area contributed by atoms with Crippen molar-refractivity contribution < 1.29 is 22.7 Å². The molecule has 222 valence electrons. The van der Waals surface area contributed by atoms with Gasteiger partial charge in [-0.2, -0.15) is 13.2 Å². The molecule has 0 spiro atoms. The van der Waals surface area contributed by atoms with Crippen molar-refractivity contribution in [3.8, 4) is 5.75 Å². The van der Waals surface area contributed by atoms with Crippen molar-refractivity contribution in [3.63, 3.8) is 0 Å².